The summed E-state index contributed by atoms with van der Waals surface area (Å²) < 4.78 is 33.2. The molecule has 0 saturated heterocycles. The van der Waals surface area contributed by atoms with E-state index in [9.17, 15) is 13.2 Å². The van der Waals surface area contributed by atoms with Crippen molar-refractivity contribution < 1.29 is 17.9 Å². The number of sulfonamides is 1. The first-order chi connectivity index (χ1) is 13.8. The number of aromatic nitrogens is 1. The van der Waals surface area contributed by atoms with Gasteiger partial charge < -0.3 is 14.6 Å². The fraction of sp³-hybridized carbons (Fsp3) is 0.150. The van der Waals surface area contributed by atoms with E-state index in [1.807, 2.05) is 18.2 Å². The molecule has 0 bridgehead atoms. The van der Waals surface area contributed by atoms with Gasteiger partial charge in [0.1, 0.15) is 22.9 Å². The van der Waals surface area contributed by atoms with Gasteiger partial charge in [-0.15, -0.1) is 0 Å². The minimum atomic E-state index is -3.62. The van der Waals surface area contributed by atoms with Crippen molar-refractivity contribution >= 4 is 33.2 Å². The third-order valence-corrected chi connectivity index (χ3v) is 6.01. The van der Waals surface area contributed by atoms with Crippen molar-refractivity contribution in [1.29, 1.82) is 0 Å². The Morgan fingerprint density at radius 2 is 1.83 bits per heavy atom. The topological polar surface area (TPSA) is 89.4 Å². The molecule has 3 aromatic rings. The van der Waals surface area contributed by atoms with Gasteiger partial charge in [-0.3, -0.25) is 4.79 Å². The number of hydrogen-bond acceptors (Lipinski definition) is 4. The summed E-state index contributed by atoms with van der Waals surface area (Å²) in [7, 11) is -0.698. The van der Waals surface area contributed by atoms with Crippen LogP contribution < -0.4 is 14.8 Å². The molecule has 1 amide bonds. The average molecular weight is 434 g/mol. The zero-order valence-electron chi connectivity index (χ0n) is 15.8. The molecule has 1 heterocycles. The van der Waals surface area contributed by atoms with Crippen molar-refractivity contribution in [2.24, 2.45) is 7.05 Å². The first-order valence-electron chi connectivity index (χ1n) is 8.67. The van der Waals surface area contributed by atoms with Crippen LogP contribution in [0.25, 0.3) is 0 Å². The standard InChI is InChI=1S/C20H20ClN3O4S/c1-22-29(26,27)17-11-19(24(2)12-17)20(25)23-15-7-9-16(10-8-15)28-13-14-5-3-4-6-18(14)21/h3-12,22H,13H2,1-2H3,(H,23,25). The molecule has 0 saturated carbocycles. The van der Waals surface area contributed by atoms with Crippen molar-refractivity contribution in [1.82, 2.24) is 9.29 Å². The maximum Gasteiger partial charge on any atom is 0.272 e. The Balaban J connectivity index is 1.65. The van der Waals surface area contributed by atoms with Gasteiger partial charge in [-0.1, -0.05) is 29.8 Å². The van der Waals surface area contributed by atoms with Crippen LogP contribution in [0.1, 0.15) is 16.1 Å². The van der Waals surface area contributed by atoms with E-state index in [1.54, 1.807) is 37.4 Å². The summed E-state index contributed by atoms with van der Waals surface area (Å²) in [6, 6.07) is 15.6. The summed E-state index contributed by atoms with van der Waals surface area (Å²) in [5.41, 5.74) is 1.65. The largest absolute Gasteiger partial charge is 0.489 e. The van der Waals surface area contributed by atoms with Crippen LogP contribution in [-0.4, -0.2) is 25.9 Å². The van der Waals surface area contributed by atoms with E-state index in [1.165, 1.54) is 23.9 Å². The number of aryl methyl sites for hydroxylation is 1. The fourth-order valence-corrected chi connectivity index (χ4v) is 3.62. The Hall–Kier alpha value is -2.81. The van der Waals surface area contributed by atoms with Gasteiger partial charge in [0.25, 0.3) is 5.91 Å². The van der Waals surface area contributed by atoms with Crippen LogP contribution in [0.4, 0.5) is 5.69 Å². The predicted molar refractivity (Wildman–Crippen MR) is 112 cm³/mol. The van der Waals surface area contributed by atoms with Crippen LogP contribution in [0, 0.1) is 0 Å². The third kappa shape index (κ3) is 4.97. The summed E-state index contributed by atoms with van der Waals surface area (Å²) in [5.74, 6) is 0.207. The first kappa shape index (κ1) is 20.9. The number of rotatable bonds is 7. The van der Waals surface area contributed by atoms with E-state index >= 15 is 0 Å². The molecule has 1 aromatic heterocycles. The fourth-order valence-electron chi connectivity index (χ4n) is 2.63. The molecule has 0 aliphatic heterocycles. The number of nitrogens with one attached hydrogen (secondary N) is 2. The van der Waals surface area contributed by atoms with Gasteiger partial charge in [-0.2, -0.15) is 0 Å². The normalized spacial score (nSPS) is 11.3. The second-order valence-corrected chi connectivity index (χ2v) is 8.53. The molecule has 0 fully saturated rings. The molecule has 3 rings (SSSR count). The first-order valence-corrected chi connectivity index (χ1v) is 10.5. The van der Waals surface area contributed by atoms with Crippen LogP contribution >= 0.6 is 11.6 Å². The molecule has 7 nitrogen and oxygen atoms in total. The highest BCUT2D eigenvalue weighted by atomic mass is 35.5. The molecule has 9 heteroatoms. The monoisotopic (exact) mass is 433 g/mol. The van der Waals surface area contributed by atoms with Crippen LogP contribution in [-0.2, 0) is 23.7 Å². The summed E-state index contributed by atoms with van der Waals surface area (Å²) in [6.07, 6.45) is 1.38. The highest BCUT2D eigenvalue weighted by Crippen LogP contribution is 2.21. The Morgan fingerprint density at radius 3 is 2.48 bits per heavy atom. The van der Waals surface area contributed by atoms with Gasteiger partial charge >= 0.3 is 0 Å². The van der Waals surface area contributed by atoms with E-state index in [2.05, 4.69) is 10.0 Å². The van der Waals surface area contributed by atoms with Gasteiger partial charge in [0, 0.05) is 29.5 Å². The lowest BCUT2D eigenvalue weighted by atomic mass is 10.2. The molecule has 0 unspecified atom stereocenters. The number of hydrogen-bond donors (Lipinski definition) is 2. The molecule has 2 N–H and O–H groups in total. The quantitative estimate of drug-likeness (QED) is 0.597. The molecule has 2 aromatic carbocycles. The van der Waals surface area contributed by atoms with E-state index in [0.717, 1.165) is 5.56 Å². The van der Waals surface area contributed by atoms with Gasteiger partial charge in [0.05, 0.1) is 0 Å². The second-order valence-electron chi connectivity index (χ2n) is 6.24. The van der Waals surface area contributed by atoms with Crippen LogP contribution in [0.5, 0.6) is 5.75 Å². The lowest BCUT2D eigenvalue weighted by molar-refractivity contribution is 0.101. The van der Waals surface area contributed by atoms with Crippen molar-refractivity contribution in [3.05, 3.63) is 77.1 Å². The lowest BCUT2D eigenvalue weighted by Gasteiger charge is -2.09. The molecule has 0 radical (unpaired) electrons. The van der Waals surface area contributed by atoms with E-state index < -0.39 is 15.9 Å². The Bertz CT molecular complexity index is 1120. The summed E-state index contributed by atoms with van der Waals surface area (Å²) >= 11 is 6.11. The van der Waals surface area contributed by atoms with Gasteiger partial charge in [-0.25, -0.2) is 13.1 Å². The zero-order valence-corrected chi connectivity index (χ0v) is 17.4. The van der Waals surface area contributed by atoms with Crippen molar-refractivity contribution in [3.8, 4) is 5.75 Å². The number of anilines is 1. The lowest BCUT2D eigenvalue weighted by Crippen LogP contribution is -2.18. The Labute approximate surface area is 174 Å². The predicted octanol–water partition coefficient (Wildman–Crippen LogP) is 3.42. The maximum absolute atomic E-state index is 12.5. The summed E-state index contributed by atoms with van der Waals surface area (Å²) in [6.45, 7) is 0.331. The Kier molecular flexibility index (Phi) is 6.26. The van der Waals surface area contributed by atoms with Gasteiger partial charge in [0.2, 0.25) is 10.0 Å². The number of ether oxygens (including phenoxy) is 1. The molecule has 0 aliphatic rings. The zero-order chi connectivity index (χ0) is 21.0. The van der Waals surface area contributed by atoms with E-state index in [-0.39, 0.29) is 10.6 Å². The molecule has 0 aliphatic carbocycles. The van der Waals surface area contributed by atoms with Gasteiger partial charge in [0.15, 0.2) is 0 Å². The third-order valence-electron chi connectivity index (χ3n) is 4.26. The van der Waals surface area contributed by atoms with Crippen LogP contribution in [0.3, 0.4) is 0 Å². The second kappa shape index (κ2) is 8.69. The molecule has 152 valence electrons. The maximum atomic E-state index is 12.5. The van der Waals surface area contributed by atoms with Crippen molar-refractivity contribution in [2.75, 3.05) is 12.4 Å². The SMILES string of the molecule is CNS(=O)(=O)c1cc(C(=O)Nc2ccc(OCc3ccccc3Cl)cc2)n(C)c1. The number of benzene rings is 2. The number of carbonyl (C=O) groups is 1. The average Bonchev–Trinajstić information content (AvgIpc) is 3.11. The molecule has 0 atom stereocenters. The highest BCUT2D eigenvalue weighted by Gasteiger charge is 2.19. The Morgan fingerprint density at radius 1 is 1.14 bits per heavy atom. The molecule has 29 heavy (non-hydrogen) atoms. The van der Waals surface area contributed by atoms with E-state index in [4.69, 9.17) is 16.3 Å². The number of halogens is 1. The molecule has 0 spiro atoms. The minimum Gasteiger partial charge on any atom is -0.489 e. The highest BCUT2D eigenvalue weighted by molar-refractivity contribution is 7.89. The van der Waals surface area contributed by atoms with Crippen molar-refractivity contribution in [3.63, 3.8) is 0 Å². The smallest absolute Gasteiger partial charge is 0.272 e. The number of carbonyl (C=O) groups excluding carboxylic acids is 1. The molecular formula is C20H20ClN3O4S. The number of nitrogens with zero attached hydrogens (tertiary/aromatic N) is 1. The van der Waals surface area contributed by atoms with Crippen molar-refractivity contribution in [2.45, 2.75) is 11.5 Å². The summed E-state index contributed by atoms with van der Waals surface area (Å²) in [5, 5.41) is 3.38. The molecular weight excluding hydrogens is 414 g/mol. The summed E-state index contributed by atoms with van der Waals surface area (Å²) in [4.78, 5) is 12.5. The van der Waals surface area contributed by atoms with E-state index in [0.29, 0.717) is 23.1 Å². The number of amides is 1. The van der Waals surface area contributed by atoms with Crippen LogP contribution in [0.15, 0.2) is 65.7 Å². The minimum absolute atomic E-state index is 0.0240. The van der Waals surface area contributed by atoms with Gasteiger partial charge in [-0.05, 0) is 43.4 Å². The van der Waals surface area contributed by atoms with Crippen LogP contribution in [0.2, 0.25) is 5.02 Å².